The van der Waals surface area contributed by atoms with Crippen LogP contribution in [-0.4, -0.2) is 29.3 Å². The lowest BCUT2D eigenvalue weighted by Crippen LogP contribution is -2.31. The molecule has 2 rings (SSSR count). The van der Waals surface area contributed by atoms with E-state index in [1.807, 2.05) is 13.8 Å². The zero-order valence-electron chi connectivity index (χ0n) is 12.3. The number of carbonyl (C=O) groups excluding carboxylic acids is 1. The Balaban J connectivity index is 2.16. The molecule has 0 radical (unpaired) electrons. The van der Waals surface area contributed by atoms with Crippen molar-refractivity contribution in [2.24, 2.45) is 0 Å². The van der Waals surface area contributed by atoms with Gasteiger partial charge >= 0.3 is 5.97 Å². The zero-order chi connectivity index (χ0) is 14.6. The molecule has 6 nitrogen and oxygen atoms in total. The first kappa shape index (κ1) is 15.0. The van der Waals surface area contributed by atoms with Gasteiger partial charge in [0.05, 0.1) is 6.61 Å². The highest BCUT2D eigenvalue weighted by molar-refractivity contribution is 5.76. The van der Waals surface area contributed by atoms with Gasteiger partial charge in [-0.2, -0.15) is 4.98 Å². The summed E-state index contributed by atoms with van der Waals surface area (Å²) >= 11 is 0. The van der Waals surface area contributed by atoms with Crippen molar-refractivity contribution in [3.8, 4) is 0 Å². The fourth-order valence-corrected chi connectivity index (χ4v) is 2.39. The molecule has 1 aromatic heterocycles. The van der Waals surface area contributed by atoms with Crippen LogP contribution in [-0.2, 0) is 19.9 Å². The highest BCUT2D eigenvalue weighted by Gasteiger charge is 2.36. The number of ether oxygens (including phenoxy) is 2. The molecule has 20 heavy (non-hydrogen) atoms. The van der Waals surface area contributed by atoms with Crippen LogP contribution in [0.4, 0.5) is 0 Å². The molecular weight excluding hydrogens is 260 g/mol. The van der Waals surface area contributed by atoms with Gasteiger partial charge in [-0.05, 0) is 39.5 Å². The maximum absolute atomic E-state index is 11.9. The molecule has 1 fully saturated rings. The Morgan fingerprint density at radius 2 is 2.25 bits per heavy atom. The van der Waals surface area contributed by atoms with Crippen LogP contribution in [0, 0.1) is 0 Å². The maximum Gasteiger partial charge on any atom is 0.318 e. The summed E-state index contributed by atoms with van der Waals surface area (Å²) in [7, 11) is 0. The lowest BCUT2D eigenvalue weighted by molar-refractivity contribution is -0.145. The highest BCUT2D eigenvalue weighted by Crippen LogP contribution is 2.33. The van der Waals surface area contributed by atoms with Gasteiger partial charge in [0.1, 0.15) is 11.5 Å². The topological polar surface area (TPSA) is 74.5 Å². The van der Waals surface area contributed by atoms with Gasteiger partial charge in [0.2, 0.25) is 11.7 Å². The first-order valence-corrected chi connectivity index (χ1v) is 7.25. The van der Waals surface area contributed by atoms with Gasteiger partial charge < -0.3 is 14.0 Å². The third-order valence-electron chi connectivity index (χ3n) is 3.66. The van der Waals surface area contributed by atoms with Crippen LogP contribution >= 0.6 is 0 Å². The average Bonchev–Trinajstić information content (AvgIpc) is 2.91. The molecule has 112 valence electrons. The molecule has 1 aliphatic rings. The van der Waals surface area contributed by atoms with E-state index in [4.69, 9.17) is 14.0 Å². The van der Waals surface area contributed by atoms with Crippen molar-refractivity contribution in [2.75, 3.05) is 13.2 Å². The molecule has 6 heteroatoms. The van der Waals surface area contributed by atoms with E-state index in [-0.39, 0.29) is 5.97 Å². The second kappa shape index (κ2) is 6.35. The number of hydrogen-bond acceptors (Lipinski definition) is 6. The minimum Gasteiger partial charge on any atom is -0.465 e. The van der Waals surface area contributed by atoms with Gasteiger partial charge in [0.15, 0.2) is 0 Å². The average molecular weight is 282 g/mol. The summed E-state index contributed by atoms with van der Waals surface area (Å²) in [6, 6.07) is 0. The number of nitrogens with zero attached hydrogens (tertiary/aromatic N) is 2. The van der Waals surface area contributed by atoms with Crippen molar-refractivity contribution in [3.63, 3.8) is 0 Å². The van der Waals surface area contributed by atoms with Crippen molar-refractivity contribution in [3.05, 3.63) is 11.7 Å². The van der Waals surface area contributed by atoms with E-state index in [1.54, 1.807) is 6.92 Å². The molecule has 0 aliphatic carbocycles. The molecule has 2 heterocycles. The van der Waals surface area contributed by atoms with Gasteiger partial charge in [-0.1, -0.05) is 12.1 Å². The molecule has 0 aromatic carbocycles. The standard InChI is InChI=1S/C14H22N2O4/c1-4-10(12(17)18-5-2)11-15-13(16-20-11)14(3)8-6-7-9-19-14/h10H,4-9H2,1-3H3. The molecule has 1 saturated heterocycles. The van der Waals surface area contributed by atoms with E-state index in [2.05, 4.69) is 10.1 Å². The molecule has 1 aromatic rings. The van der Waals surface area contributed by atoms with Crippen LogP contribution in [0.15, 0.2) is 4.52 Å². The Kier molecular flexibility index (Phi) is 4.75. The lowest BCUT2D eigenvalue weighted by atomic mass is 9.95. The van der Waals surface area contributed by atoms with Crippen LogP contribution in [0.25, 0.3) is 0 Å². The van der Waals surface area contributed by atoms with Gasteiger partial charge in [0, 0.05) is 6.61 Å². The van der Waals surface area contributed by atoms with Crippen molar-refractivity contribution in [2.45, 2.75) is 58.0 Å². The van der Waals surface area contributed by atoms with Gasteiger partial charge in [-0.3, -0.25) is 4.79 Å². The smallest absolute Gasteiger partial charge is 0.318 e. The van der Waals surface area contributed by atoms with Crippen molar-refractivity contribution in [1.82, 2.24) is 10.1 Å². The van der Waals surface area contributed by atoms with Crippen LogP contribution < -0.4 is 0 Å². The molecule has 0 amide bonds. The predicted octanol–water partition coefficient (Wildman–Crippen LogP) is 2.54. The minimum atomic E-state index is -0.507. The quantitative estimate of drug-likeness (QED) is 0.773. The Morgan fingerprint density at radius 3 is 2.85 bits per heavy atom. The summed E-state index contributed by atoms with van der Waals surface area (Å²) in [6.07, 6.45) is 3.57. The Labute approximate surface area is 118 Å². The molecule has 0 bridgehead atoms. The largest absolute Gasteiger partial charge is 0.465 e. The summed E-state index contributed by atoms with van der Waals surface area (Å²) < 4.78 is 16.1. The maximum atomic E-state index is 11.9. The van der Waals surface area contributed by atoms with Gasteiger partial charge in [0.25, 0.3) is 0 Å². The van der Waals surface area contributed by atoms with Gasteiger partial charge in [-0.25, -0.2) is 0 Å². The van der Waals surface area contributed by atoms with E-state index in [1.165, 1.54) is 0 Å². The van der Waals surface area contributed by atoms with Crippen molar-refractivity contribution in [1.29, 1.82) is 0 Å². The van der Waals surface area contributed by atoms with Crippen molar-refractivity contribution < 1.29 is 18.8 Å². The summed E-state index contributed by atoms with van der Waals surface area (Å²) in [6.45, 7) is 6.68. The molecular formula is C14H22N2O4. The zero-order valence-corrected chi connectivity index (χ0v) is 12.3. The molecule has 0 saturated carbocycles. The third kappa shape index (κ3) is 3.00. The fourth-order valence-electron chi connectivity index (χ4n) is 2.39. The normalized spacial score (nSPS) is 24.4. The molecule has 2 unspecified atom stereocenters. The number of esters is 1. The fraction of sp³-hybridized carbons (Fsp3) is 0.786. The van der Waals surface area contributed by atoms with E-state index in [0.717, 1.165) is 19.3 Å². The van der Waals surface area contributed by atoms with Gasteiger partial charge in [-0.15, -0.1) is 0 Å². The molecule has 0 N–H and O–H groups in total. The van der Waals surface area contributed by atoms with E-state index < -0.39 is 11.5 Å². The Morgan fingerprint density at radius 1 is 1.45 bits per heavy atom. The number of aromatic nitrogens is 2. The van der Waals surface area contributed by atoms with Crippen LogP contribution in [0.3, 0.4) is 0 Å². The molecule has 0 spiro atoms. The van der Waals surface area contributed by atoms with E-state index in [9.17, 15) is 4.79 Å². The second-order valence-electron chi connectivity index (χ2n) is 5.21. The van der Waals surface area contributed by atoms with Crippen LogP contribution in [0.1, 0.15) is 64.1 Å². The van der Waals surface area contributed by atoms with Crippen LogP contribution in [0.5, 0.6) is 0 Å². The number of rotatable bonds is 5. The monoisotopic (exact) mass is 282 g/mol. The minimum absolute atomic E-state index is 0.316. The molecule has 1 aliphatic heterocycles. The highest BCUT2D eigenvalue weighted by atomic mass is 16.5. The summed E-state index contributed by atoms with van der Waals surface area (Å²) in [5.74, 6) is 0.0228. The lowest BCUT2D eigenvalue weighted by Gasteiger charge is -2.30. The van der Waals surface area contributed by atoms with Crippen LogP contribution in [0.2, 0.25) is 0 Å². The SMILES string of the molecule is CCOC(=O)C(CC)c1nc(C2(C)CCCCO2)no1. The van der Waals surface area contributed by atoms with E-state index >= 15 is 0 Å². The third-order valence-corrected chi connectivity index (χ3v) is 3.66. The summed E-state index contributed by atoms with van der Waals surface area (Å²) in [5, 5.41) is 4.00. The summed E-state index contributed by atoms with van der Waals surface area (Å²) in [4.78, 5) is 16.2. The van der Waals surface area contributed by atoms with Crippen molar-refractivity contribution >= 4 is 5.97 Å². The number of hydrogen-bond donors (Lipinski definition) is 0. The summed E-state index contributed by atoms with van der Waals surface area (Å²) in [5.41, 5.74) is -0.507. The first-order valence-electron chi connectivity index (χ1n) is 7.25. The second-order valence-corrected chi connectivity index (χ2v) is 5.21. The Bertz CT molecular complexity index is 452. The first-order chi connectivity index (χ1) is 9.60. The molecule has 2 atom stereocenters. The predicted molar refractivity (Wildman–Crippen MR) is 71.1 cm³/mol. The Hall–Kier alpha value is -1.43. The number of carbonyl (C=O) groups is 1. The van der Waals surface area contributed by atoms with E-state index in [0.29, 0.717) is 31.3 Å².